The standard InChI is InChI=1S/C20H23N5O4S2/c1-11(2)10-29-15-7-12(3)5-6-13(15)22-18(28)24-19-21-8-16(30-19)31-20-23-14(17(26)27)9-25(20)4/h5-9,11H,10H2,1-4H3,(H,26,27)(H2,21,22,24,28). The number of imidazole rings is 1. The molecule has 0 aliphatic rings. The monoisotopic (exact) mass is 461 g/mol. The van der Waals surface area contributed by atoms with Crippen LogP contribution in [0.5, 0.6) is 5.75 Å². The molecule has 2 heterocycles. The van der Waals surface area contributed by atoms with Crippen molar-refractivity contribution in [2.24, 2.45) is 13.0 Å². The van der Waals surface area contributed by atoms with Crippen LogP contribution < -0.4 is 15.4 Å². The molecule has 0 atom stereocenters. The van der Waals surface area contributed by atoms with Gasteiger partial charge in [-0.05, 0) is 42.3 Å². The van der Waals surface area contributed by atoms with Crippen molar-refractivity contribution in [1.82, 2.24) is 14.5 Å². The molecule has 1 aromatic carbocycles. The smallest absolute Gasteiger partial charge is 0.356 e. The summed E-state index contributed by atoms with van der Waals surface area (Å²) < 4.78 is 8.21. The molecule has 0 aliphatic carbocycles. The van der Waals surface area contributed by atoms with Gasteiger partial charge in [0.05, 0.1) is 22.7 Å². The van der Waals surface area contributed by atoms with Crippen molar-refractivity contribution in [2.45, 2.75) is 30.1 Å². The molecule has 2 amide bonds. The number of hydrogen-bond donors (Lipinski definition) is 3. The lowest BCUT2D eigenvalue weighted by Crippen LogP contribution is -2.20. The third-order valence-corrected chi connectivity index (χ3v) is 5.98. The SMILES string of the molecule is Cc1ccc(NC(=O)Nc2ncc(Sc3nc(C(=O)O)cn3C)s2)c(OCC(C)C)c1. The predicted octanol–water partition coefficient (Wildman–Crippen LogP) is 4.71. The van der Waals surface area contributed by atoms with Gasteiger partial charge in [-0.25, -0.2) is 19.6 Å². The lowest BCUT2D eigenvalue weighted by molar-refractivity contribution is 0.0690. The average molecular weight is 462 g/mol. The summed E-state index contributed by atoms with van der Waals surface area (Å²) in [6, 6.07) is 5.14. The minimum atomic E-state index is -1.08. The first-order chi connectivity index (χ1) is 14.7. The zero-order chi connectivity index (χ0) is 22.5. The Hall–Kier alpha value is -3.05. The summed E-state index contributed by atoms with van der Waals surface area (Å²) in [4.78, 5) is 31.8. The van der Waals surface area contributed by atoms with Gasteiger partial charge in [0.25, 0.3) is 0 Å². The second kappa shape index (κ2) is 9.84. The van der Waals surface area contributed by atoms with Crippen LogP contribution in [-0.4, -0.2) is 38.2 Å². The van der Waals surface area contributed by atoms with Gasteiger partial charge >= 0.3 is 12.0 Å². The van der Waals surface area contributed by atoms with Crippen LogP contribution in [0.2, 0.25) is 0 Å². The Morgan fingerprint density at radius 3 is 2.77 bits per heavy atom. The minimum Gasteiger partial charge on any atom is -0.491 e. The van der Waals surface area contributed by atoms with Crippen LogP contribution in [0.3, 0.4) is 0 Å². The van der Waals surface area contributed by atoms with E-state index in [1.165, 1.54) is 29.3 Å². The Balaban J connectivity index is 1.63. The third-order valence-electron chi connectivity index (χ3n) is 3.91. The van der Waals surface area contributed by atoms with Crippen molar-refractivity contribution >= 4 is 45.9 Å². The minimum absolute atomic E-state index is 0.0270. The first-order valence-corrected chi connectivity index (χ1v) is 11.1. The number of carbonyl (C=O) groups is 2. The lowest BCUT2D eigenvalue weighted by Gasteiger charge is -2.14. The Bertz CT molecular complexity index is 1090. The Labute approximate surface area is 187 Å². The highest BCUT2D eigenvalue weighted by Crippen LogP contribution is 2.33. The molecular formula is C20H23N5O4S2. The van der Waals surface area contributed by atoms with E-state index in [2.05, 4.69) is 34.4 Å². The highest BCUT2D eigenvalue weighted by molar-refractivity contribution is 8.01. The number of ether oxygens (including phenoxy) is 1. The van der Waals surface area contributed by atoms with Crippen LogP contribution in [0, 0.1) is 12.8 Å². The number of benzene rings is 1. The van der Waals surface area contributed by atoms with E-state index in [0.717, 1.165) is 9.77 Å². The number of nitrogens with zero attached hydrogens (tertiary/aromatic N) is 3. The van der Waals surface area contributed by atoms with Crippen molar-refractivity contribution in [2.75, 3.05) is 17.2 Å². The molecule has 31 heavy (non-hydrogen) atoms. The number of carboxylic acids is 1. The number of carboxylic acid groups (broad SMARTS) is 1. The van der Waals surface area contributed by atoms with Gasteiger partial charge < -0.3 is 19.7 Å². The molecule has 0 bridgehead atoms. The van der Waals surface area contributed by atoms with Crippen LogP contribution in [0.4, 0.5) is 15.6 Å². The Kier molecular flexibility index (Phi) is 7.18. The fraction of sp³-hybridized carbons (Fsp3) is 0.300. The second-order valence-electron chi connectivity index (χ2n) is 7.19. The summed E-state index contributed by atoms with van der Waals surface area (Å²) in [6.07, 6.45) is 3.04. The number of aromatic carboxylic acids is 1. The van der Waals surface area contributed by atoms with Gasteiger partial charge in [0.2, 0.25) is 0 Å². The van der Waals surface area contributed by atoms with Crippen molar-refractivity contribution in [3.63, 3.8) is 0 Å². The van der Waals surface area contributed by atoms with E-state index in [1.807, 2.05) is 19.1 Å². The molecule has 3 N–H and O–H groups in total. The van der Waals surface area contributed by atoms with E-state index in [9.17, 15) is 9.59 Å². The van der Waals surface area contributed by atoms with Crippen molar-refractivity contribution in [3.8, 4) is 5.75 Å². The van der Waals surface area contributed by atoms with E-state index in [4.69, 9.17) is 9.84 Å². The molecular weight excluding hydrogens is 438 g/mol. The van der Waals surface area contributed by atoms with Crippen LogP contribution in [0.15, 0.2) is 40.0 Å². The number of thiazole rings is 1. The number of rotatable bonds is 8. The molecule has 11 heteroatoms. The largest absolute Gasteiger partial charge is 0.491 e. The summed E-state index contributed by atoms with van der Waals surface area (Å²) in [5, 5.41) is 15.5. The summed E-state index contributed by atoms with van der Waals surface area (Å²) in [7, 11) is 1.72. The number of hydrogen-bond acceptors (Lipinski definition) is 7. The highest BCUT2D eigenvalue weighted by atomic mass is 32.2. The zero-order valence-corrected chi connectivity index (χ0v) is 19.1. The molecule has 2 aromatic heterocycles. The molecule has 0 fully saturated rings. The molecule has 164 valence electrons. The van der Waals surface area contributed by atoms with E-state index in [1.54, 1.807) is 23.9 Å². The maximum atomic E-state index is 12.5. The normalized spacial score (nSPS) is 10.9. The van der Waals surface area contributed by atoms with Gasteiger partial charge in [0.15, 0.2) is 16.0 Å². The van der Waals surface area contributed by atoms with Gasteiger partial charge in [-0.15, -0.1) is 0 Å². The first-order valence-electron chi connectivity index (χ1n) is 9.43. The maximum absolute atomic E-state index is 12.5. The maximum Gasteiger partial charge on any atom is 0.356 e. The fourth-order valence-electron chi connectivity index (χ4n) is 2.46. The number of urea groups is 1. The quantitative estimate of drug-likeness (QED) is 0.444. The van der Waals surface area contributed by atoms with Crippen LogP contribution in [-0.2, 0) is 7.05 Å². The number of nitrogens with one attached hydrogen (secondary N) is 2. The van der Waals surface area contributed by atoms with Crippen molar-refractivity contribution < 1.29 is 19.4 Å². The molecule has 0 saturated carbocycles. The van der Waals surface area contributed by atoms with Crippen LogP contribution in [0.25, 0.3) is 0 Å². The number of anilines is 2. The molecule has 3 rings (SSSR count). The van der Waals surface area contributed by atoms with Gasteiger partial charge in [-0.1, -0.05) is 31.3 Å². The molecule has 0 radical (unpaired) electrons. The Morgan fingerprint density at radius 2 is 2.10 bits per heavy atom. The van der Waals surface area contributed by atoms with Crippen molar-refractivity contribution in [3.05, 3.63) is 41.9 Å². The summed E-state index contributed by atoms with van der Waals surface area (Å²) in [5.41, 5.74) is 1.58. The second-order valence-corrected chi connectivity index (χ2v) is 9.49. The molecule has 0 aliphatic heterocycles. The van der Waals surface area contributed by atoms with Crippen LogP contribution >= 0.6 is 23.1 Å². The number of aromatic nitrogens is 3. The summed E-state index contributed by atoms with van der Waals surface area (Å²) >= 11 is 2.53. The summed E-state index contributed by atoms with van der Waals surface area (Å²) in [5.74, 6) is -0.111. The first kappa shape index (κ1) is 22.6. The van der Waals surface area contributed by atoms with E-state index < -0.39 is 12.0 Å². The highest BCUT2D eigenvalue weighted by Gasteiger charge is 2.15. The molecule has 9 nitrogen and oxygen atoms in total. The molecule has 0 unspecified atom stereocenters. The summed E-state index contributed by atoms with van der Waals surface area (Å²) in [6.45, 7) is 6.62. The topological polar surface area (TPSA) is 118 Å². The number of amides is 2. The number of aryl methyl sites for hydroxylation is 2. The van der Waals surface area contributed by atoms with Gasteiger partial charge in [0.1, 0.15) is 5.75 Å². The van der Waals surface area contributed by atoms with Crippen molar-refractivity contribution in [1.29, 1.82) is 0 Å². The van der Waals surface area contributed by atoms with E-state index in [0.29, 0.717) is 34.2 Å². The average Bonchev–Trinajstić information content (AvgIpc) is 3.28. The number of carbonyl (C=O) groups excluding carboxylic acids is 1. The molecule has 0 saturated heterocycles. The third kappa shape index (κ3) is 6.22. The zero-order valence-electron chi connectivity index (χ0n) is 17.5. The Morgan fingerprint density at radius 1 is 1.32 bits per heavy atom. The predicted molar refractivity (Wildman–Crippen MR) is 121 cm³/mol. The lowest BCUT2D eigenvalue weighted by atomic mass is 10.2. The van der Waals surface area contributed by atoms with E-state index >= 15 is 0 Å². The van der Waals surface area contributed by atoms with E-state index in [-0.39, 0.29) is 5.69 Å². The molecule has 3 aromatic rings. The van der Waals surface area contributed by atoms with Gasteiger partial charge in [-0.2, -0.15) is 0 Å². The molecule has 0 spiro atoms. The van der Waals surface area contributed by atoms with Gasteiger partial charge in [-0.3, -0.25) is 5.32 Å². The van der Waals surface area contributed by atoms with Gasteiger partial charge in [0, 0.05) is 13.2 Å². The van der Waals surface area contributed by atoms with Crippen LogP contribution in [0.1, 0.15) is 29.9 Å². The fourth-order valence-corrected chi connectivity index (χ4v) is 4.26.